The lowest BCUT2D eigenvalue weighted by atomic mass is 9.96. The third kappa shape index (κ3) is 2.48. The summed E-state index contributed by atoms with van der Waals surface area (Å²) in [7, 11) is 0. The van der Waals surface area contributed by atoms with Gasteiger partial charge in [0, 0.05) is 24.4 Å². The molecule has 1 rings (SSSR count). The number of nitrogens with zero attached hydrogens (tertiary/aromatic N) is 1. The van der Waals surface area contributed by atoms with Crippen LogP contribution in [0.5, 0.6) is 0 Å². The first kappa shape index (κ1) is 12.4. The molecule has 0 bridgehead atoms. The Bertz CT molecular complexity index is 394. The van der Waals surface area contributed by atoms with Crippen LogP contribution in [0.2, 0.25) is 0 Å². The molecular formula is C11H17FN4. The number of nitrogens with one attached hydrogen (secondary N) is 3. The van der Waals surface area contributed by atoms with Gasteiger partial charge >= 0.3 is 0 Å². The van der Waals surface area contributed by atoms with Crippen molar-refractivity contribution >= 4 is 6.21 Å². The lowest BCUT2D eigenvalue weighted by Gasteiger charge is -2.15. The SMILES string of the molecule is CCN/C(C)=C(\C=N)C(C)c1[nH]ncc1F. The van der Waals surface area contributed by atoms with Crippen molar-refractivity contribution in [1.82, 2.24) is 15.5 Å². The van der Waals surface area contributed by atoms with Gasteiger partial charge in [0.15, 0.2) is 5.82 Å². The molecule has 5 heteroatoms. The van der Waals surface area contributed by atoms with E-state index in [1.54, 1.807) is 0 Å². The molecule has 0 aliphatic heterocycles. The number of aromatic amines is 1. The third-order valence-electron chi connectivity index (χ3n) is 2.55. The largest absolute Gasteiger partial charge is 0.389 e. The van der Waals surface area contributed by atoms with Gasteiger partial charge in [-0.05, 0) is 19.4 Å². The molecule has 0 fully saturated rings. The van der Waals surface area contributed by atoms with E-state index in [9.17, 15) is 4.39 Å². The highest BCUT2D eigenvalue weighted by molar-refractivity contribution is 5.79. The van der Waals surface area contributed by atoms with E-state index >= 15 is 0 Å². The second-order valence-corrected chi connectivity index (χ2v) is 3.61. The minimum atomic E-state index is -0.365. The molecule has 0 amide bonds. The van der Waals surface area contributed by atoms with Crippen LogP contribution in [-0.2, 0) is 0 Å². The van der Waals surface area contributed by atoms with Crippen molar-refractivity contribution in [2.24, 2.45) is 0 Å². The van der Waals surface area contributed by atoms with E-state index < -0.39 is 0 Å². The van der Waals surface area contributed by atoms with Gasteiger partial charge in [0.05, 0.1) is 11.9 Å². The average Bonchev–Trinajstić information content (AvgIpc) is 2.65. The summed E-state index contributed by atoms with van der Waals surface area (Å²) in [6.45, 7) is 6.49. The Hall–Kier alpha value is -1.65. The van der Waals surface area contributed by atoms with Crippen LogP contribution in [0.3, 0.4) is 0 Å². The van der Waals surface area contributed by atoms with Gasteiger partial charge < -0.3 is 10.7 Å². The highest BCUT2D eigenvalue weighted by Crippen LogP contribution is 2.24. The first-order chi connectivity index (χ1) is 7.61. The summed E-state index contributed by atoms with van der Waals surface area (Å²) in [5.74, 6) is -0.574. The smallest absolute Gasteiger partial charge is 0.164 e. The van der Waals surface area contributed by atoms with Crippen LogP contribution in [0.15, 0.2) is 17.5 Å². The van der Waals surface area contributed by atoms with Gasteiger partial charge in [-0.2, -0.15) is 5.10 Å². The summed E-state index contributed by atoms with van der Waals surface area (Å²) in [5.41, 5.74) is 2.06. The normalized spacial score (nSPS) is 14.2. The highest BCUT2D eigenvalue weighted by Gasteiger charge is 2.17. The first-order valence-electron chi connectivity index (χ1n) is 5.25. The van der Waals surface area contributed by atoms with E-state index in [1.807, 2.05) is 20.8 Å². The second kappa shape index (κ2) is 5.44. The number of rotatable bonds is 5. The van der Waals surface area contributed by atoms with Crippen molar-refractivity contribution in [2.45, 2.75) is 26.7 Å². The molecule has 0 aliphatic carbocycles. The average molecular weight is 224 g/mol. The fourth-order valence-electron chi connectivity index (χ4n) is 1.67. The van der Waals surface area contributed by atoms with Crippen LogP contribution >= 0.6 is 0 Å². The molecule has 1 aromatic heterocycles. The maximum Gasteiger partial charge on any atom is 0.164 e. The fraction of sp³-hybridized carbons (Fsp3) is 0.455. The summed E-state index contributed by atoms with van der Waals surface area (Å²) >= 11 is 0. The Labute approximate surface area is 94.5 Å². The molecular weight excluding hydrogens is 207 g/mol. The van der Waals surface area contributed by atoms with Gasteiger partial charge in [0.25, 0.3) is 0 Å². The zero-order valence-electron chi connectivity index (χ0n) is 9.76. The molecule has 0 saturated heterocycles. The summed E-state index contributed by atoms with van der Waals surface area (Å²) in [4.78, 5) is 0. The van der Waals surface area contributed by atoms with Gasteiger partial charge in [0.2, 0.25) is 0 Å². The van der Waals surface area contributed by atoms with Crippen LogP contribution in [0, 0.1) is 11.2 Å². The van der Waals surface area contributed by atoms with E-state index in [1.165, 1.54) is 6.21 Å². The van der Waals surface area contributed by atoms with Crippen LogP contribution in [0.1, 0.15) is 32.4 Å². The van der Waals surface area contributed by atoms with Gasteiger partial charge in [-0.1, -0.05) is 6.92 Å². The minimum Gasteiger partial charge on any atom is -0.389 e. The van der Waals surface area contributed by atoms with E-state index in [0.29, 0.717) is 5.69 Å². The maximum atomic E-state index is 13.3. The summed E-state index contributed by atoms with van der Waals surface area (Å²) in [5, 5.41) is 16.8. The van der Waals surface area contributed by atoms with Crippen molar-refractivity contribution in [2.75, 3.05) is 6.54 Å². The number of allylic oxidation sites excluding steroid dienone is 2. The lowest BCUT2D eigenvalue weighted by molar-refractivity contribution is 0.601. The third-order valence-corrected chi connectivity index (χ3v) is 2.55. The van der Waals surface area contributed by atoms with Crippen LogP contribution < -0.4 is 5.32 Å². The van der Waals surface area contributed by atoms with Crippen LogP contribution in [-0.4, -0.2) is 23.0 Å². The maximum absolute atomic E-state index is 13.3. The van der Waals surface area contributed by atoms with E-state index in [2.05, 4.69) is 15.5 Å². The van der Waals surface area contributed by atoms with E-state index in [0.717, 1.165) is 24.0 Å². The first-order valence-corrected chi connectivity index (χ1v) is 5.25. The van der Waals surface area contributed by atoms with Crippen molar-refractivity contribution in [3.8, 4) is 0 Å². The summed E-state index contributed by atoms with van der Waals surface area (Å²) in [6.07, 6.45) is 2.40. The van der Waals surface area contributed by atoms with Crippen molar-refractivity contribution < 1.29 is 4.39 Å². The molecule has 0 aromatic carbocycles. The number of hydrogen-bond donors (Lipinski definition) is 3. The van der Waals surface area contributed by atoms with Gasteiger partial charge in [-0.25, -0.2) is 4.39 Å². The molecule has 1 atom stereocenters. The molecule has 16 heavy (non-hydrogen) atoms. The topological polar surface area (TPSA) is 64.6 Å². The molecule has 1 aromatic rings. The zero-order valence-corrected chi connectivity index (χ0v) is 9.76. The Morgan fingerprint density at radius 3 is 2.88 bits per heavy atom. The Balaban J connectivity index is 3.03. The molecule has 88 valence electrons. The van der Waals surface area contributed by atoms with Crippen molar-refractivity contribution in [1.29, 1.82) is 5.41 Å². The van der Waals surface area contributed by atoms with Gasteiger partial charge in [-0.3, -0.25) is 5.10 Å². The lowest BCUT2D eigenvalue weighted by Crippen LogP contribution is -2.15. The number of H-pyrrole nitrogens is 1. The molecule has 0 radical (unpaired) electrons. The van der Waals surface area contributed by atoms with Gasteiger partial charge in [0.1, 0.15) is 0 Å². The number of hydrogen-bond acceptors (Lipinski definition) is 3. The Morgan fingerprint density at radius 1 is 1.75 bits per heavy atom. The molecule has 0 spiro atoms. The van der Waals surface area contributed by atoms with E-state index in [4.69, 9.17) is 5.41 Å². The van der Waals surface area contributed by atoms with Crippen LogP contribution in [0.25, 0.3) is 0 Å². The molecule has 0 saturated carbocycles. The predicted molar refractivity (Wildman–Crippen MR) is 62.1 cm³/mol. The number of aromatic nitrogens is 2. The fourth-order valence-corrected chi connectivity index (χ4v) is 1.67. The second-order valence-electron chi connectivity index (χ2n) is 3.61. The van der Waals surface area contributed by atoms with Crippen LogP contribution in [0.4, 0.5) is 4.39 Å². The highest BCUT2D eigenvalue weighted by atomic mass is 19.1. The van der Waals surface area contributed by atoms with Crippen molar-refractivity contribution in [3.63, 3.8) is 0 Å². The molecule has 0 aliphatic rings. The molecule has 4 nitrogen and oxygen atoms in total. The minimum absolute atomic E-state index is 0.209. The quantitative estimate of drug-likeness (QED) is 0.671. The Kier molecular flexibility index (Phi) is 4.22. The number of halogens is 1. The predicted octanol–water partition coefficient (Wildman–Crippen LogP) is 2.19. The van der Waals surface area contributed by atoms with Crippen molar-refractivity contribution in [3.05, 3.63) is 29.0 Å². The summed E-state index contributed by atoms with van der Waals surface area (Å²) < 4.78 is 13.3. The standard InChI is InChI=1S/C11H17FN4/c1-4-14-8(3)9(5-13)7(2)11-10(12)6-15-16-11/h5-7,13-14H,4H2,1-3H3,(H,15,16)/b9-8+,13-5?. The molecule has 1 unspecified atom stereocenters. The van der Waals surface area contributed by atoms with Gasteiger partial charge in [-0.15, -0.1) is 0 Å². The monoisotopic (exact) mass is 224 g/mol. The Morgan fingerprint density at radius 2 is 2.44 bits per heavy atom. The molecule has 3 N–H and O–H groups in total. The molecule has 1 heterocycles. The zero-order chi connectivity index (χ0) is 12.1. The van der Waals surface area contributed by atoms with E-state index in [-0.39, 0.29) is 11.7 Å². The summed E-state index contributed by atoms with van der Waals surface area (Å²) in [6, 6.07) is 0.